The fraction of sp³-hybridized carbons (Fsp3) is 0.381. The first kappa shape index (κ1) is 17.5. The van der Waals surface area contributed by atoms with Crippen molar-refractivity contribution >= 4 is 28.2 Å². The molecular formula is C21H24N4O2. The molecule has 0 unspecified atom stereocenters. The summed E-state index contributed by atoms with van der Waals surface area (Å²) < 4.78 is 0.926. The number of aromatic amines is 2. The molecule has 2 N–H and O–H groups in total. The Kier molecular flexibility index (Phi) is 4.13. The Morgan fingerprint density at radius 3 is 2.67 bits per heavy atom. The third-order valence-electron chi connectivity index (χ3n) is 5.59. The normalized spacial score (nSPS) is 23.4. The Morgan fingerprint density at radius 2 is 1.93 bits per heavy atom. The lowest BCUT2D eigenvalue weighted by molar-refractivity contribution is 0.361. The topological polar surface area (TPSA) is 83.0 Å². The summed E-state index contributed by atoms with van der Waals surface area (Å²) in [6.07, 6.45) is 5.01. The molecule has 0 radical (unpaired) electrons. The molecule has 2 aromatic heterocycles. The predicted molar refractivity (Wildman–Crippen MR) is 110 cm³/mol. The minimum absolute atomic E-state index is 0.195. The van der Waals surface area contributed by atoms with Gasteiger partial charge in [0.2, 0.25) is 0 Å². The van der Waals surface area contributed by atoms with E-state index >= 15 is 0 Å². The van der Waals surface area contributed by atoms with Crippen molar-refractivity contribution in [2.45, 2.75) is 34.1 Å². The zero-order valence-electron chi connectivity index (χ0n) is 16.0. The SMILES string of the molecule is CC1=C[C@H](C)[C@H](/C=N\n2c(=O)[nH]c3c([nH]c4ccc(C)cc43)c2=O)[C@@H](C)C1. The van der Waals surface area contributed by atoms with E-state index in [0.29, 0.717) is 22.9 Å². The highest BCUT2D eigenvalue weighted by Crippen LogP contribution is 2.32. The quantitative estimate of drug-likeness (QED) is 0.538. The van der Waals surface area contributed by atoms with E-state index in [4.69, 9.17) is 0 Å². The molecule has 1 aliphatic carbocycles. The van der Waals surface area contributed by atoms with Gasteiger partial charge in [-0.1, -0.05) is 37.1 Å². The minimum Gasteiger partial charge on any atom is -0.349 e. The lowest BCUT2D eigenvalue weighted by Crippen LogP contribution is -2.33. The molecule has 0 fully saturated rings. The zero-order chi connectivity index (χ0) is 19.3. The molecule has 140 valence electrons. The van der Waals surface area contributed by atoms with Crippen LogP contribution in [-0.2, 0) is 0 Å². The number of allylic oxidation sites excluding steroid dienone is 2. The van der Waals surface area contributed by atoms with Gasteiger partial charge in [0.15, 0.2) is 0 Å². The van der Waals surface area contributed by atoms with Gasteiger partial charge in [-0.25, -0.2) is 4.79 Å². The summed E-state index contributed by atoms with van der Waals surface area (Å²) in [4.78, 5) is 31.3. The van der Waals surface area contributed by atoms with Crippen molar-refractivity contribution in [2.75, 3.05) is 0 Å². The second kappa shape index (κ2) is 6.37. The smallest absolute Gasteiger partial charge is 0.349 e. The number of nitrogens with one attached hydrogen (secondary N) is 2. The van der Waals surface area contributed by atoms with Gasteiger partial charge in [0.05, 0.1) is 5.52 Å². The summed E-state index contributed by atoms with van der Waals surface area (Å²) in [7, 11) is 0. The molecule has 3 aromatic rings. The Morgan fingerprint density at radius 1 is 1.15 bits per heavy atom. The summed E-state index contributed by atoms with van der Waals surface area (Å²) in [5.74, 6) is 0.941. The summed E-state index contributed by atoms with van der Waals surface area (Å²) in [5.41, 5.74) is 3.22. The van der Waals surface area contributed by atoms with Crippen LogP contribution in [0.15, 0.2) is 44.5 Å². The summed E-state index contributed by atoms with van der Waals surface area (Å²) >= 11 is 0. The van der Waals surface area contributed by atoms with Gasteiger partial charge in [-0.15, -0.1) is 4.68 Å². The third kappa shape index (κ3) is 2.95. The number of fused-ring (bicyclic) bond motifs is 3. The fourth-order valence-electron chi connectivity index (χ4n) is 4.28. The number of benzene rings is 1. The molecule has 0 amide bonds. The van der Waals surface area contributed by atoms with Gasteiger partial charge in [-0.3, -0.25) is 4.79 Å². The van der Waals surface area contributed by atoms with E-state index in [9.17, 15) is 9.59 Å². The van der Waals surface area contributed by atoms with Crippen molar-refractivity contribution in [3.8, 4) is 0 Å². The van der Waals surface area contributed by atoms with Gasteiger partial charge in [0.1, 0.15) is 5.52 Å². The van der Waals surface area contributed by atoms with Crippen LogP contribution in [0.2, 0.25) is 0 Å². The van der Waals surface area contributed by atoms with Crippen LogP contribution in [0.25, 0.3) is 21.9 Å². The fourth-order valence-corrected chi connectivity index (χ4v) is 4.28. The number of hydrogen-bond donors (Lipinski definition) is 2. The Balaban J connectivity index is 1.82. The van der Waals surface area contributed by atoms with Gasteiger partial charge in [0.25, 0.3) is 0 Å². The lowest BCUT2D eigenvalue weighted by Gasteiger charge is -2.29. The van der Waals surface area contributed by atoms with E-state index in [-0.39, 0.29) is 5.92 Å². The van der Waals surface area contributed by atoms with Gasteiger partial charge in [-0.2, -0.15) is 5.10 Å². The molecule has 2 heterocycles. The molecular weight excluding hydrogens is 340 g/mol. The van der Waals surface area contributed by atoms with Crippen molar-refractivity contribution in [1.29, 1.82) is 0 Å². The first-order valence-corrected chi connectivity index (χ1v) is 9.34. The maximum atomic E-state index is 12.9. The summed E-state index contributed by atoms with van der Waals surface area (Å²) in [6.45, 7) is 8.44. The van der Waals surface area contributed by atoms with Crippen LogP contribution < -0.4 is 11.2 Å². The van der Waals surface area contributed by atoms with Gasteiger partial charge >= 0.3 is 11.2 Å². The molecule has 0 saturated carbocycles. The molecule has 6 heteroatoms. The van der Waals surface area contributed by atoms with Crippen molar-refractivity contribution in [2.24, 2.45) is 22.9 Å². The number of H-pyrrole nitrogens is 2. The monoisotopic (exact) mass is 364 g/mol. The van der Waals surface area contributed by atoms with Crippen LogP contribution in [-0.4, -0.2) is 20.9 Å². The van der Waals surface area contributed by atoms with Crippen LogP contribution >= 0.6 is 0 Å². The molecule has 1 aromatic carbocycles. The standard InChI is InChI=1S/C21H24N4O2/c1-11-5-6-17-15(9-11)18-19(23-17)20(26)25(21(27)24-18)22-10-16-13(3)7-12(2)8-14(16)4/h5-7,9-10,13-14,16,23H,8H2,1-4H3,(H,24,27)/b22-10-/t13-,14-,16-/m0/s1. The molecule has 1 aliphatic rings. The summed E-state index contributed by atoms with van der Waals surface area (Å²) in [5, 5.41) is 5.12. The van der Waals surface area contributed by atoms with Crippen molar-refractivity contribution in [3.63, 3.8) is 0 Å². The maximum Gasteiger partial charge on any atom is 0.350 e. The van der Waals surface area contributed by atoms with Gasteiger partial charge in [-0.05, 0) is 44.2 Å². The van der Waals surface area contributed by atoms with Crippen LogP contribution in [0.3, 0.4) is 0 Å². The number of nitrogens with zero attached hydrogens (tertiary/aromatic N) is 2. The van der Waals surface area contributed by atoms with E-state index in [1.54, 1.807) is 6.21 Å². The van der Waals surface area contributed by atoms with E-state index in [0.717, 1.165) is 27.6 Å². The average Bonchev–Trinajstić information content (AvgIpc) is 2.94. The molecule has 3 atom stereocenters. The second-order valence-corrected chi connectivity index (χ2v) is 7.87. The molecule has 4 rings (SSSR count). The minimum atomic E-state index is -0.519. The number of aryl methyl sites for hydroxylation is 1. The van der Waals surface area contributed by atoms with Crippen LogP contribution in [0, 0.1) is 24.7 Å². The van der Waals surface area contributed by atoms with Crippen molar-refractivity contribution in [3.05, 3.63) is 56.2 Å². The first-order valence-electron chi connectivity index (χ1n) is 9.34. The van der Waals surface area contributed by atoms with Crippen molar-refractivity contribution < 1.29 is 0 Å². The average molecular weight is 364 g/mol. The number of hydrogen-bond acceptors (Lipinski definition) is 3. The van der Waals surface area contributed by atoms with E-state index < -0.39 is 11.2 Å². The molecule has 27 heavy (non-hydrogen) atoms. The highest BCUT2D eigenvalue weighted by atomic mass is 16.2. The second-order valence-electron chi connectivity index (χ2n) is 7.87. The molecule has 0 aliphatic heterocycles. The first-order chi connectivity index (χ1) is 12.8. The van der Waals surface area contributed by atoms with E-state index in [2.05, 4.69) is 41.9 Å². The Hall–Kier alpha value is -2.89. The highest BCUT2D eigenvalue weighted by Gasteiger charge is 2.25. The molecule has 0 bridgehead atoms. The van der Waals surface area contributed by atoms with Crippen LogP contribution in [0.4, 0.5) is 0 Å². The Labute approximate surface area is 156 Å². The lowest BCUT2D eigenvalue weighted by atomic mass is 9.76. The van der Waals surface area contributed by atoms with Gasteiger partial charge < -0.3 is 9.97 Å². The van der Waals surface area contributed by atoms with Crippen LogP contribution in [0.5, 0.6) is 0 Å². The van der Waals surface area contributed by atoms with E-state index in [1.165, 1.54) is 5.57 Å². The van der Waals surface area contributed by atoms with Gasteiger partial charge in [0, 0.05) is 23.0 Å². The van der Waals surface area contributed by atoms with E-state index in [1.807, 2.05) is 25.1 Å². The highest BCUT2D eigenvalue weighted by molar-refractivity contribution is 6.04. The third-order valence-corrected chi connectivity index (χ3v) is 5.59. The maximum absolute atomic E-state index is 12.9. The Bertz CT molecular complexity index is 1210. The van der Waals surface area contributed by atoms with Crippen molar-refractivity contribution in [1.82, 2.24) is 14.6 Å². The van der Waals surface area contributed by atoms with Crippen LogP contribution in [0.1, 0.15) is 32.8 Å². The molecule has 6 nitrogen and oxygen atoms in total. The molecule has 0 saturated heterocycles. The largest absolute Gasteiger partial charge is 0.350 e. The predicted octanol–water partition coefficient (Wildman–Crippen LogP) is 3.55. The number of rotatable bonds is 2. The molecule has 0 spiro atoms. The summed E-state index contributed by atoms with van der Waals surface area (Å²) in [6, 6.07) is 5.83. The zero-order valence-corrected chi connectivity index (χ0v) is 16.0. The number of aromatic nitrogens is 3.